The van der Waals surface area contributed by atoms with Crippen LogP contribution in [0.25, 0.3) is 0 Å². The van der Waals surface area contributed by atoms with E-state index >= 15 is 0 Å². The van der Waals surface area contributed by atoms with Gasteiger partial charge < -0.3 is 10.4 Å². The van der Waals surface area contributed by atoms with Crippen molar-refractivity contribution in [3.63, 3.8) is 0 Å². The van der Waals surface area contributed by atoms with Gasteiger partial charge in [0.15, 0.2) is 0 Å². The SMILES string of the molecule is CCC(CCNC(=O)c1ccnc(Cl)c1)CCC(=O)O. The maximum atomic E-state index is 11.8. The number of carbonyl (C=O) groups excluding carboxylic acids is 1. The highest BCUT2D eigenvalue weighted by Gasteiger charge is 2.10. The monoisotopic (exact) mass is 298 g/mol. The molecule has 0 aliphatic carbocycles. The van der Waals surface area contributed by atoms with E-state index in [9.17, 15) is 9.59 Å². The number of nitrogens with one attached hydrogen (secondary N) is 1. The topological polar surface area (TPSA) is 79.3 Å². The summed E-state index contributed by atoms with van der Waals surface area (Å²) in [7, 11) is 0. The van der Waals surface area contributed by atoms with Gasteiger partial charge in [0.2, 0.25) is 0 Å². The van der Waals surface area contributed by atoms with E-state index in [0.29, 0.717) is 24.4 Å². The highest BCUT2D eigenvalue weighted by atomic mass is 35.5. The number of amides is 1. The number of halogens is 1. The lowest BCUT2D eigenvalue weighted by Crippen LogP contribution is -2.26. The van der Waals surface area contributed by atoms with Gasteiger partial charge in [-0.25, -0.2) is 4.98 Å². The quantitative estimate of drug-likeness (QED) is 0.723. The van der Waals surface area contributed by atoms with Crippen molar-refractivity contribution < 1.29 is 14.7 Å². The fraction of sp³-hybridized carbons (Fsp3) is 0.500. The Morgan fingerprint density at radius 2 is 2.20 bits per heavy atom. The second-order valence-corrected chi connectivity index (χ2v) is 5.01. The average molecular weight is 299 g/mol. The number of pyridine rings is 1. The van der Waals surface area contributed by atoms with Gasteiger partial charge in [0.1, 0.15) is 5.15 Å². The Morgan fingerprint density at radius 1 is 1.45 bits per heavy atom. The zero-order valence-corrected chi connectivity index (χ0v) is 12.2. The molecule has 1 amide bonds. The third-order valence-electron chi connectivity index (χ3n) is 3.17. The van der Waals surface area contributed by atoms with Gasteiger partial charge in [-0.3, -0.25) is 9.59 Å². The second kappa shape index (κ2) is 8.53. The number of carboxylic acids is 1. The lowest BCUT2D eigenvalue weighted by molar-refractivity contribution is -0.137. The van der Waals surface area contributed by atoms with Crippen molar-refractivity contribution in [3.8, 4) is 0 Å². The van der Waals surface area contributed by atoms with Gasteiger partial charge in [0.25, 0.3) is 5.91 Å². The first-order valence-corrected chi connectivity index (χ1v) is 7.02. The minimum Gasteiger partial charge on any atom is -0.481 e. The van der Waals surface area contributed by atoms with Crippen molar-refractivity contribution in [1.82, 2.24) is 10.3 Å². The van der Waals surface area contributed by atoms with Crippen molar-refractivity contribution in [2.75, 3.05) is 6.54 Å². The summed E-state index contributed by atoms with van der Waals surface area (Å²) in [4.78, 5) is 26.2. The van der Waals surface area contributed by atoms with E-state index < -0.39 is 5.97 Å². The summed E-state index contributed by atoms with van der Waals surface area (Å²) in [5.41, 5.74) is 0.476. The molecule has 0 saturated heterocycles. The van der Waals surface area contributed by atoms with E-state index in [1.54, 1.807) is 6.07 Å². The molecule has 0 bridgehead atoms. The molecule has 1 aromatic rings. The van der Waals surface area contributed by atoms with E-state index in [1.807, 2.05) is 6.92 Å². The minimum atomic E-state index is -0.779. The molecule has 0 aliphatic heterocycles. The van der Waals surface area contributed by atoms with Crippen LogP contribution in [0.1, 0.15) is 43.0 Å². The average Bonchev–Trinajstić information content (AvgIpc) is 2.42. The molecule has 2 N–H and O–H groups in total. The summed E-state index contributed by atoms with van der Waals surface area (Å²) in [5.74, 6) is -0.659. The minimum absolute atomic E-state index is 0.173. The van der Waals surface area contributed by atoms with Gasteiger partial charge in [-0.1, -0.05) is 24.9 Å². The van der Waals surface area contributed by atoms with Gasteiger partial charge in [0.05, 0.1) is 0 Å². The van der Waals surface area contributed by atoms with Crippen LogP contribution < -0.4 is 5.32 Å². The van der Waals surface area contributed by atoms with Gasteiger partial charge in [-0.05, 0) is 30.9 Å². The van der Waals surface area contributed by atoms with Crippen molar-refractivity contribution in [2.45, 2.75) is 32.6 Å². The molecular formula is C14H19ClN2O3. The molecule has 0 fully saturated rings. The molecule has 0 spiro atoms. The van der Waals surface area contributed by atoms with Crippen LogP contribution in [0.3, 0.4) is 0 Å². The molecular weight excluding hydrogens is 280 g/mol. The zero-order valence-electron chi connectivity index (χ0n) is 11.4. The summed E-state index contributed by atoms with van der Waals surface area (Å²) < 4.78 is 0. The van der Waals surface area contributed by atoms with Gasteiger partial charge in [-0.2, -0.15) is 0 Å². The lowest BCUT2D eigenvalue weighted by atomic mass is 9.96. The van der Waals surface area contributed by atoms with Crippen molar-refractivity contribution in [2.24, 2.45) is 5.92 Å². The van der Waals surface area contributed by atoms with Crippen LogP contribution >= 0.6 is 11.6 Å². The smallest absolute Gasteiger partial charge is 0.303 e. The second-order valence-electron chi connectivity index (χ2n) is 4.62. The van der Waals surface area contributed by atoms with E-state index in [-0.39, 0.29) is 17.5 Å². The van der Waals surface area contributed by atoms with E-state index in [1.165, 1.54) is 12.3 Å². The largest absolute Gasteiger partial charge is 0.481 e. The fourth-order valence-electron chi connectivity index (χ4n) is 1.92. The molecule has 1 atom stereocenters. The van der Waals surface area contributed by atoms with E-state index in [2.05, 4.69) is 10.3 Å². The molecule has 0 saturated carbocycles. The number of rotatable bonds is 8. The molecule has 1 rings (SSSR count). The summed E-state index contributed by atoms with van der Waals surface area (Å²) in [6.07, 6.45) is 3.98. The Balaban J connectivity index is 2.35. The van der Waals surface area contributed by atoms with E-state index in [4.69, 9.17) is 16.7 Å². The van der Waals surface area contributed by atoms with Crippen LogP contribution in [-0.2, 0) is 4.79 Å². The molecule has 5 nitrogen and oxygen atoms in total. The van der Waals surface area contributed by atoms with Crippen molar-refractivity contribution in [3.05, 3.63) is 29.0 Å². The first-order valence-electron chi connectivity index (χ1n) is 6.64. The number of carboxylic acid groups (broad SMARTS) is 1. The Hall–Kier alpha value is -1.62. The number of hydrogen-bond donors (Lipinski definition) is 2. The molecule has 1 aromatic heterocycles. The predicted molar refractivity (Wildman–Crippen MR) is 76.8 cm³/mol. The summed E-state index contributed by atoms with van der Waals surface area (Å²) in [6.45, 7) is 2.55. The highest BCUT2D eigenvalue weighted by molar-refractivity contribution is 6.29. The van der Waals surface area contributed by atoms with Crippen LogP contribution in [0.5, 0.6) is 0 Å². The molecule has 6 heteroatoms. The molecule has 110 valence electrons. The van der Waals surface area contributed by atoms with Crippen LogP contribution in [0, 0.1) is 5.92 Å². The molecule has 0 radical (unpaired) electrons. The number of nitrogens with zero attached hydrogens (tertiary/aromatic N) is 1. The molecule has 1 heterocycles. The summed E-state index contributed by atoms with van der Waals surface area (Å²) in [5, 5.41) is 11.7. The maximum Gasteiger partial charge on any atom is 0.303 e. The Bertz CT molecular complexity index is 465. The molecule has 1 unspecified atom stereocenters. The fourth-order valence-corrected chi connectivity index (χ4v) is 2.09. The van der Waals surface area contributed by atoms with Gasteiger partial charge in [0, 0.05) is 24.7 Å². The maximum absolute atomic E-state index is 11.8. The predicted octanol–water partition coefficient (Wildman–Crippen LogP) is 2.75. The molecule has 0 aliphatic rings. The molecule has 20 heavy (non-hydrogen) atoms. The van der Waals surface area contributed by atoms with Crippen molar-refractivity contribution >= 4 is 23.5 Å². The third-order valence-corrected chi connectivity index (χ3v) is 3.38. The molecule has 0 aromatic carbocycles. The van der Waals surface area contributed by atoms with Gasteiger partial charge >= 0.3 is 5.97 Å². The Morgan fingerprint density at radius 3 is 2.80 bits per heavy atom. The van der Waals surface area contributed by atoms with Crippen LogP contribution in [0.2, 0.25) is 5.15 Å². The third kappa shape index (κ3) is 6.02. The first-order chi connectivity index (χ1) is 9.52. The zero-order chi connectivity index (χ0) is 15.0. The van der Waals surface area contributed by atoms with Crippen molar-refractivity contribution in [1.29, 1.82) is 0 Å². The summed E-state index contributed by atoms with van der Waals surface area (Å²) >= 11 is 5.72. The number of aliphatic carboxylic acids is 1. The number of carbonyl (C=O) groups is 2. The van der Waals surface area contributed by atoms with Gasteiger partial charge in [-0.15, -0.1) is 0 Å². The Kier molecular flexibility index (Phi) is 7.01. The standard InChI is InChI=1S/C14H19ClN2O3/c1-2-10(3-4-13(18)19)5-7-17-14(20)11-6-8-16-12(15)9-11/h6,8-10H,2-5,7H2,1H3,(H,17,20)(H,18,19). The van der Waals surface area contributed by atoms with Crippen LogP contribution in [0.15, 0.2) is 18.3 Å². The number of aromatic nitrogens is 1. The first kappa shape index (κ1) is 16.4. The van der Waals surface area contributed by atoms with Crippen LogP contribution in [-0.4, -0.2) is 28.5 Å². The lowest BCUT2D eigenvalue weighted by Gasteiger charge is -2.14. The highest BCUT2D eigenvalue weighted by Crippen LogP contribution is 2.15. The number of hydrogen-bond acceptors (Lipinski definition) is 3. The summed E-state index contributed by atoms with van der Waals surface area (Å²) in [6, 6.07) is 3.11. The normalized spacial score (nSPS) is 11.9. The Labute approximate surface area is 123 Å². The van der Waals surface area contributed by atoms with E-state index in [0.717, 1.165) is 12.8 Å². The van der Waals surface area contributed by atoms with Crippen LogP contribution in [0.4, 0.5) is 0 Å².